The van der Waals surface area contributed by atoms with Gasteiger partial charge < -0.3 is 14.6 Å². The van der Waals surface area contributed by atoms with Crippen molar-refractivity contribution in [2.75, 3.05) is 13.2 Å². The molecule has 0 spiro atoms. The highest BCUT2D eigenvalue weighted by molar-refractivity contribution is 5.88. The molecule has 0 bridgehead atoms. The summed E-state index contributed by atoms with van der Waals surface area (Å²) in [5.74, 6) is 0.978. The molecule has 2 rings (SSSR count). The molecule has 0 saturated heterocycles. The third kappa shape index (κ3) is 2.67. The summed E-state index contributed by atoms with van der Waals surface area (Å²) in [5, 5.41) is 3.26. The Morgan fingerprint density at radius 3 is 2.89 bits per heavy atom. The van der Waals surface area contributed by atoms with Crippen molar-refractivity contribution in [3.05, 3.63) is 17.2 Å². The third-order valence-corrected chi connectivity index (χ3v) is 2.89. The second kappa shape index (κ2) is 6.20. The maximum atomic E-state index is 11.8. The van der Waals surface area contributed by atoms with Gasteiger partial charge in [0.25, 0.3) is 0 Å². The number of hydrogen-bond donors (Lipinski definition) is 1. The highest BCUT2D eigenvalue weighted by atomic mass is 35.5. The van der Waals surface area contributed by atoms with E-state index in [1.54, 1.807) is 0 Å². The number of carbonyl (C=O) groups is 1. The molecule has 2 heterocycles. The highest BCUT2D eigenvalue weighted by Gasteiger charge is 2.25. The Bertz CT molecular complexity index is 429. The average molecular weight is 274 g/mol. The van der Waals surface area contributed by atoms with Crippen molar-refractivity contribution in [3.63, 3.8) is 0 Å². The van der Waals surface area contributed by atoms with Gasteiger partial charge in [-0.3, -0.25) is 0 Å². The number of aromatic nitrogens is 2. The normalized spacial score (nSPS) is 14.0. The molecule has 0 fully saturated rings. The molecule has 1 N–H and O–H groups in total. The molecule has 102 valence electrons. The first-order chi connectivity index (χ1) is 8.15. The molecule has 5 nitrogen and oxygen atoms in total. The average Bonchev–Trinajstić information content (AvgIpc) is 2.69. The lowest BCUT2D eigenvalue weighted by atomic mass is 10.2. The largest absolute Gasteiger partial charge is 0.461 e. The van der Waals surface area contributed by atoms with E-state index in [9.17, 15) is 4.79 Å². The molecule has 6 heteroatoms. The summed E-state index contributed by atoms with van der Waals surface area (Å²) in [4.78, 5) is 16.3. The maximum Gasteiger partial charge on any atom is 0.358 e. The van der Waals surface area contributed by atoms with Crippen LogP contribution in [0.25, 0.3) is 0 Å². The standard InChI is InChI=1S/C12H19N3O2.ClH/c1-4-17-12(16)10-9-7-13-5-6-15(9)11(14-10)8(2)3;/h8,13H,4-7H2,1-3H3;1H. The molecule has 0 aliphatic carbocycles. The lowest BCUT2D eigenvalue weighted by Gasteiger charge is -2.19. The quantitative estimate of drug-likeness (QED) is 0.852. The van der Waals surface area contributed by atoms with E-state index in [4.69, 9.17) is 4.74 Å². The predicted molar refractivity (Wildman–Crippen MR) is 71.2 cm³/mol. The molecule has 0 saturated carbocycles. The minimum absolute atomic E-state index is 0. The Morgan fingerprint density at radius 2 is 2.28 bits per heavy atom. The van der Waals surface area contributed by atoms with Crippen LogP contribution in [-0.2, 0) is 17.8 Å². The molecule has 0 aromatic carbocycles. The fourth-order valence-electron chi connectivity index (χ4n) is 2.14. The molecule has 1 aromatic rings. The van der Waals surface area contributed by atoms with E-state index in [2.05, 4.69) is 28.7 Å². The lowest BCUT2D eigenvalue weighted by Crippen LogP contribution is -2.30. The lowest BCUT2D eigenvalue weighted by molar-refractivity contribution is 0.0518. The fraction of sp³-hybridized carbons (Fsp3) is 0.667. The van der Waals surface area contributed by atoms with Gasteiger partial charge in [0.15, 0.2) is 5.69 Å². The van der Waals surface area contributed by atoms with Crippen molar-refractivity contribution < 1.29 is 9.53 Å². The van der Waals surface area contributed by atoms with Crippen LogP contribution < -0.4 is 5.32 Å². The van der Waals surface area contributed by atoms with Crippen LogP contribution >= 0.6 is 12.4 Å². The molecule has 1 aliphatic heterocycles. The number of rotatable bonds is 3. The number of hydrogen-bond acceptors (Lipinski definition) is 4. The molecular weight excluding hydrogens is 254 g/mol. The summed E-state index contributed by atoms with van der Waals surface area (Å²) in [6.07, 6.45) is 0. The first-order valence-electron chi connectivity index (χ1n) is 6.12. The van der Waals surface area contributed by atoms with Crippen molar-refractivity contribution >= 4 is 18.4 Å². The summed E-state index contributed by atoms with van der Waals surface area (Å²) in [7, 11) is 0. The second-order valence-corrected chi connectivity index (χ2v) is 4.47. The van der Waals surface area contributed by atoms with E-state index in [-0.39, 0.29) is 18.4 Å². The van der Waals surface area contributed by atoms with E-state index in [0.717, 1.165) is 24.6 Å². The van der Waals surface area contributed by atoms with Crippen LogP contribution in [0.15, 0.2) is 0 Å². The van der Waals surface area contributed by atoms with Crippen molar-refractivity contribution in [2.24, 2.45) is 0 Å². The Balaban J connectivity index is 0.00000162. The summed E-state index contributed by atoms with van der Waals surface area (Å²) < 4.78 is 7.19. The van der Waals surface area contributed by atoms with Gasteiger partial charge in [0.2, 0.25) is 0 Å². The predicted octanol–water partition coefficient (Wildman–Crippen LogP) is 1.71. The van der Waals surface area contributed by atoms with Gasteiger partial charge in [0.05, 0.1) is 12.3 Å². The van der Waals surface area contributed by atoms with Gasteiger partial charge in [-0.1, -0.05) is 13.8 Å². The molecule has 18 heavy (non-hydrogen) atoms. The Labute approximate surface area is 113 Å². The zero-order valence-electron chi connectivity index (χ0n) is 11.0. The van der Waals surface area contributed by atoms with Gasteiger partial charge in [0, 0.05) is 25.6 Å². The number of nitrogens with zero attached hydrogens (tertiary/aromatic N) is 2. The van der Waals surface area contributed by atoms with E-state index in [0.29, 0.717) is 24.8 Å². The van der Waals surface area contributed by atoms with E-state index >= 15 is 0 Å². The van der Waals surface area contributed by atoms with E-state index in [1.807, 2.05) is 6.92 Å². The van der Waals surface area contributed by atoms with Crippen molar-refractivity contribution in [1.82, 2.24) is 14.9 Å². The van der Waals surface area contributed by atoms with Crippen molar-refractivity contribution in [1.29, 1.82) is 0 Å². The van der Waals surface area contributed by atoms with Crippen molar-refractivity contribution in [2.45, 2.75) is 39.8 Å². The van der Waals surface area contributed by atoms with Gasteiger partial charge in [-0.2, -0.15) is 0 Å². The first kappa shape index (κ1) is 15.0. The summed E-state index contributed by atoms with van der Waals surface area (Å²) in [5.41, 5.74) is 1.43. The van der Waals surface area contributed by atoms with Gasteiger partial charge in [-0.05, 0) is 6.92 Å². The molecular formula is C12H20ClN3O2. The number of fused-ring (bicyclic) bond motifs is 1. The minimum atomic E-state index is -0.313. The zero-order valence-corrected chi connectivity index (χ0v) is 11.8. The first-order valence-corrected chi connectivity index (χ1v) is 6.12. The van der Waals surface area contributed by atoms with E-state index in [1.165, 1.54) is 0 Å². The minimum Gasteiger partial charge on any atom is -0.461 e. The van der Waals surface area contributed by atoms with Gasteiger partial charge in [0.1, 0.15) is 5.82 Å². The zero-order chi connectivity index (χ0) is 12.4. The smallest absolute Gasteiger partial charge is 0.358 e. The van der Waals surface area contributed by atoms with E-state index < -0.39 is 0 Å². The van der Waals surface area contributed by atoms with Crippen LogP contribution in [-0.4, -0.2) is 28.7 Å². The Kier molecular flexibility index (Phi) is 5.16. The Morgan fingerprint density at radius 1 is 1.56 bits per heavy atom. The number of carbonyl (C=O) groups excluding carboxylic acids is 1. The number of nitrogens with one attached hydrogen (secondary N) is 1. The molecule has 0 radical (unpaired) electrons. The van der Waals surface area contributed by atoms with Crippen LogP contribution in [0.4, 0.5) is 0 Å². The Hall–Kier alpha value is -1.07. The monoisotopic (exact) mass is 273 g/mol. The van der Waals surface area contributed by atoms with Crippen LogP contribution in [0.1, 0.15) is 48.7 Å². The molecule has 0 atom stereocenters. The maximum absolute atomic E-state index is 11.8. The number of imidazole rings is 1. The van der Waals surface area contributed by atoms with Crippen LogP contribution in [0.2, 0.25) is 0 Å². The highest BCUT2D eigenvalue weighted by Crippen LogP contribution is 2.21. The molecule has 1 aromatic heterocycles. The fourth-order valence-corrected chi connectivity index (χ4v) is 2.14. The number of esters is 1. The van der Waals surface area contributed by atoms with Crippen molar-refractivity contribution in [3.8, 4) is 0 Å². The van der Waals surface area contributed by atoms with Gasteiger partial charge in [-0.25, -0.2) is 9.78 Å². The summed E-state index contributed by atoms with van der Waals surface area (Å²) in [6.45, 7) is 8.85. The topological polar surface area (TPSA) is 56.1 Å². The molecule has 0 amide bonds. The van der Waals surface area contributed by atoms with Gasteiger partial charge in [-0.15, -0.1) is 12.4 Å². The number of halogens is 1. The molecule has 1 aliphatic rings. The summed E-state index contributed by atoms with van der Waals surface area (Å²) in [6, 6.07) is 0. The molecule has 0 unspecified atom stereocenters. The van der Waals surface area contributed by atoms with Crippen LogP contribution in [0.3, 0.4) is 0 Å². The SMILES string of the molecule is CCOC(=O)c1nc(C(C)C)n2c1CNCC2.Cl. The van der Waals surface area contributed by atoms with Crippen LogP contribution in [0.5, 0.6) is 0 Å². The summed E-state index contributed by atoms with van der Waals surface area (Å²) >= 11 is 0. The second-order valence-electron chi connectivity index (χ2n) is 4.47. The van der Waals surface area contributed by atoms with Crippen LogP contribution in [0, 0.1) is 0 Å². The van der Waals surface area contributed by atoms with Gasteiger partial charge >= 0.3 is 5.97 Å². The third-order valence-electron chi connectivity index (χ3n) is 2.89. The number of ether oxygens (including phenoxy) is 1.